The molecule has 0 rings (SSSR count). The summed E-state index contributed by atoms with van der Waals surface area (Å²) < 4.78 is 17.1. The Kier molecular flexibility index (Phi) is 36.7. The molecule has 0 aliphatic heterocycles. The Balaban J connectivity index is -0.0000000277. The Hall–Kier alpha value is 4.06. The molecule has 0 spiro atoms. The van der Waals surface area contributed by atoms with Gasteiger partial charge >= 0.3 is 122 Å². The second kappa shape index (κ2) is 17.4. The predicted molar refractivity (Wildman–Crippen MR) is 47.1 cm³/mol. The summed E-state index contributed by atoms with van der Waals surface area (Å²) in [6.45, 7) is 0. The van der Waals surface area contributed by atoms with Gasteiger partial charge in [0.2, 0.25) is 0 Å². The molecule has 4 N–H and O–H groups in total. The SMILES string of the molecule is O=P([O-])([O-])[O-].O=P([O-])([O-])[O-].O[Si](O)(O)O.[Ca+2].[Ca+2].[Ca+2]. The van der Waals surface area contributed by atoms with E-state index in [1.807, 2.05) is 0 Å². The average Bonchev–Trinajstić information content (AvgIpc) is 1.41. The summed E-state index contributed by atoms with van der Waals surface area (Å²) in [6.07, 6.45) is 0. The summed E-state index contributed by atoms with van der Waals surface area (Å²) in [4.78, 5) is 80.6. The van der Waals surface area contributed by atoms with Crippen LogP contribution in [-0.2, 0) is 9.13 Å². The van der Waals surface area contributed by atoms with Crippen molar-refractivity contribution in [3.8, 4) is 0 Å². The fourth-order valence-electron chi connectivity index (χ4n) is 0. The summed E-state index contributed by atoms with van der Waals surface area (Å²) in [6, 6.07) is 0. The number of hydrogen-bond acceptors (Lipinski definition) is 12. The Morgan fingerprint density at radius 2 is 0.611 bits per heavy atom. The minimum absolute atomic E-state index is 0. The smallest absolute Gasteiger partial charge is 0.822 e. The topological polar surface area (TPSA) is 253 Å². The van der Waals surface area contributed by atoms with E-state index in [9.17, 15) is 0 Å². The van der Waals surface area contributed by atoms with Gasteiger partial charge in [-0.2, -0.15) is 15.6 Å². The second-order valence-corrected chi connectivity index (χ2v) is 4.48. The largest absolute Gasteiger partial charge is 2.00 e. The Bertz CT molecular complexity index is 194. The number of hydrogen-bond donors (Lipinski definition) is 4. The van der Waals surface area contributed by atoms with Gasteiger partial charge in [-0.25, -0.2) is 0 Å². The molecule has 96 valence electrons. The summed E-state index contributed by atoms with van der Waals surface area (Å²) in [5, 5.41) is 0. The maximum atomic E-state index is 8.55. The summed E-state index contributed by atoms with van der Waals surface area (Å²) in [7, 11) is -15.4. The first-order valence-electron chi connectivity index (χ1n) is 2.36. The van der Waals surface area contributed by atoms with Crippen LogP contribution in [0.4, 0.5) is 0 Å². The van der Waals surface area contributed by atoms with Crippen LogP contribution in [0.15, 0.2) is 0 Å². The zero-order valence-electron chi connectivity index (χ0n) is 8.57. The third-order valence-corrected chi connectivity index (χ3v) is 0. The van der Waals surface area contributed by atoms with E-state index in [-0.39, 0.29) is 113 Å². The van der Waals surface area contributed by atoms with Gasteiger partial charge in [0.25, 0.3) is 0 Å². The van der Waals surface area contributed by atoms with Gasteiger partial charge in [-0.05, 0) is 0 Å². The van der Waals surface area contributed by atoms with E-state index < -0.39 is 24.7 Å². The summed E-state index contributed by atoms with van der Waals surface area (Å²) >= 11 is 0. The van der Waals surface area contributed by atoms with Crippen molar-refractivity contribution in [1.82, 2.24) is 0 Å². The molecule has 0 aromatic carbocycles. The van der Waals surface area contributed by atoms with E-state index in [1.54, 1.807) is 0 Å². The van der Waals surface area contributed by atoms with Gasteiger partial charge in [0.05, 0.1) is 0 Å². The summed E-state index contributed by atoms with van der Waals surface area (Å²) in [5.74, 6) is 0. The van der Waals surface area contributed by atoms with Gasteiger partial charge in [0, 0.05) is 0 Å². The van der Waals surface area contributed by atoms with Gasteiger partial charge < -0.3 is 57.7 Å². The minimum atomic E-state index is -5.39. The molecule has 0 aliphatic carbocycles. The minimum Gasteiger partial charge on any atom is -0.822 e. The van der Waals surface area contributed by atoms with Gasteiger partial charge in [0.15, 0.2) is 0 Å². The van der Waals surface area contributed by atoms with Crippen LogP contribution in [0.25, 0.3) is 0 Å². The second-order valence-electron chi connectivity index (χ2n) is 1.49. The molecule has 0 radical (unpaired) electrons. The molecule has 0 heterocycles. The first-order chi connectivity index (χ1) is 6.00. The number of rotatable bonds is 0. The third kappa shape index (κ3) is 443. The third-order valence-electron chi connectivity index (χ3n) is 0. The fraction of sp³-hybridized carbons (Fsp3) is 0. The van der Waals surface area contributed by atoms with Gasteiger partial charge in [-0.1, -0.05) is 0 Å². The monoisotopic (exact) mass is 406 g/mol. The van der Waals surface area contributed by atoms with E-state index in [2.05, 4.69) is 0 Å². The van der Waals surface area contributed by atoms with E-state index in [0.717, 1.165) is 0 Å². The molecule has 0 aromatic rings. The molecule has 18 heteroatoms. The molecule has 18 heavy (non-hydrogen) atoms. The Morgan fingerprint density at radius 3 is 0.611 bits per heavy atom. The van der Waals surface area contributed by atoms with Gasteiger partial charge in [-0.15, -0.1) is 0 Å². The van der Waals surface area contributed by atoms with Gasteiger partial charge in [-0.3, -0.25) is 0 Å². The Labute approximate surface area is 192 Å². The van der Waals surface area contributed by atoms with Crippen molar-refractivity contribution in [3.63, 3.8) is 0 Å². The van der Waals surface area contributed by atoms with E-state index in [0.29, 0.717) is 0 Å². The van der Waals surface area contributed by atoms with Crippen LogP contribution in [0.3, 0.4) is 0 Å². The molecular weight excluding hydrogens is 402 g/mol. The molecule has 0 atom stereocenters. The van der Waals surface area contributed by atoms with Crippen molar-refractivity contribution >= 4 is 138 Å². The maximum absolute atomic E-state index is 8.55. The summed E-state index contributed by atoms with van der Waals surface area (Å²) in [5.41, 5.74) is 0. The van der Waals surface area contributed by atoms with Crippen molar-refractivity contribution in [2.24, 2.45) is 0 Å². The average molecular weight is 406 g/mol. The molecule has 12 nitrogen and oxygen atoms in total. The van der Waals surface area contributed by atoms with E-state index in [1.165, 1.54) is 0 Å². The predicted octanol–water partition coefficient (Wildman–Crippen LogP) is -9.40. The fourth-order valence-corrected chi connectivity index (χ4v) is 0. The molecule has 0 fully saturated rings. The maximum Gasteiger partial charge on any atom is 2.00 e. The number of phosphoric acid groups is 2. The van der Waals surface area contributed by atoms with Crippen molar-refractivity contribution < 1.29 is 57.7 Å². The molecule has 0 aliphatic rings. The quantitative estimate of drug-likeness (QED) is 0.216. The normalized spacial score (nSPS) is 9.89. The first-order valence-corrected chi connectivity index (χ1v) is 7.07. The van der Waals surface area contributed by atoms with Crippen LogP contribution < -0.4 is 29.4 Å². The first kappa shape index (κ1) is 37.9. The van der Waals surface area contributed by atoms with Crippen LogP contribution in [0, 0.1) is 0 Å². The molecular formula is H4Ca3O12P2Si. The standard InChI is InChI=1S/3Ca.2H3O4P.H4O4Si/c;;;3*1-5(2,3)4/h;;;2*(H3,1,2,3,4);1-4H/q3*+2;;;/p-6. The van der Waals surface area contributed by atoms with Crippen molar-refractivity contribution in [1.29, 1.82) is 0 Å². The molecule has 0 saturated carbocycles. The molecule has 0 aromatic heterocycles. The molecule has 0 saturated heterocycles. The van der Waals surface area contributed by atoms with Crippen LogP contribution >= 0.6 is 15.6 Å². The van der Waals surface area contributed by atoms with Crippen molar-refractivity contribution in [2.75, 3.05) is 0 Å². The van der Waals surface area contributed by atoms with Gasteiger partial charge in [0.1, 0.15) is 0 Å². The Morgan fingerprint density at radius 1 is 0.611 bits per heavy atom. The van der Waals surface area contributed by atoms with Crippen LogP contribution in [0.5, 0.6) is 0 Å². The van der Waals surface area contributed by atoms with E-state index in [4.69, 9.17) is 57.7 Å². The zero-order chi connectivity index (χ0) is 13.5. The van der Waals surface area contributed by atoms with Crippen molar-refractivity contribution in [3.05, 3.63) is 0 Å². The van der Waals surface area contributed by atoms with Crippen LogP contribution in [0.1, 0.15) is 0 Å². The van der Waals surface area contributed by atoms with Crippen molar-refractivity contribution in [2.45, 2.75) is 0 Å². The van der Waals surface area contributed by atoms with Crippen LogP contribution in [-0.4, -0.2) is 141 Å². The van der Waals surface area contributed by atoms with Crippen LogP contribution in [0.2, 0.25) is 0 Å². The van der Waals surface area contributed by atoms with E-state index >= 15 is 0 Å². The molecule has 0 amide bonds. The zero-order valence-corrected chi connectivity index (χ0v) is 18.0. The molecule has 0 bridgehead atoms. The molecule has 0 unspecified atom stereocenters.